The zero-order valence-electron chi connectivity index (χ0n) is 10.7. The number of carbonyl (C=O) groups is 2. The summed E-state index contributed by atoms with van der Waals surface area (Å²) in [6.45, 7) is 1.60. The molecule has 1 aromatic rings. The second kappa shape index (κ2) is 5.64. The lowest BCUT2D eigenvalue weighted by atomic mass is 9.93. The summed E-state index contributed by atoms with van der Waals surface area (Å²) >= 11 is 0. The Balaban J connectivity index is 2.81. The molecule has 98 valence electrons. The van der Waals surface area contributed by atoms with Crippen LogP contribution in [-0.2, 0) is 20.7 Å². The molecule has 0 saturated heterocycles. The van der Waals surface area contributed by atoms with E-state index in [0.29, 0.717) is 12.0 Å². The summed E-state index contributed by atoms with van der Waals surface area (Å²) < 4.78 is 9.22. The molecule has 0 fully saturated rings. The van der Waals surface area contributed by atoms with E-state index in [1.54, 1.807) is 31.2 Å². The van der Waals surface area contributed by atoms with E-state index >= 15 is 0 Å². The maximum atomic E-state index is 11.4. The van der Waals surface area contributed by atoms with Crippen molar-refractivity contribution < 1.29 is 19.1 Å². The fraction of sp³-hybridized carbons (Fsp3) is 0.385. The number of methoxy groups -OCH3 is 2. The van der Waals surface area contributed by atoms with Crippen molar-refractivity contribution in [3.63, 3.8) is 0 Å². The van der Waals surface area contributed by atoms with Crippen LogP contribution in [0, 0.1) is 0 Å². The third-order valence-corrected chi connectivity index (χ3v) is 2.60. The molecule has 0 aromatic heterocycles. The molecule has 0 aliphatic heterocycles. The highest BCUT2D eigenvalue weighted by atomic mass is 16.5. The van der Waals surface area contributed by atoms with Crippen LogP contribution in [0.1, 0.15) is 22.8 Å². The summed E-state index contributed by atoms with van der Waals surface area (Å²) in [5, 5.41) is 0. The standard InChI is InChI=1S/C13H17NO4/c1-13(14,12(16)18-3)8-9-4-6-10(7-5-9)11(15)17-2/h4-7H,8,14H2,1-3H3/t13-/m0/s1. The van der Waals surface area contributed by atoms with Crippen LogP contribution >= 0.6 is 0 Å². The number of benzene rings is 1. The van der Waals surface area contributed by atoms with Crippen molar-refractivity contribution in [3.05, 3.63) is 35.4 Å². The molecular formula is C13H17NO4. The van der Waals surface area contributed by atoms with Gasteiger partial charge in [-0.2, -0.15) is 0 Å². The summed E-state index contributed by atoms with van der Waals surface area (Å²) in [6, 6.07) is 6.74. The first-order chi connectivity index (χ1) is 8.40. The Morgan fingerprint density at radius 2 is 1.72 bits per heavy atom. The van der Waals surface area contributed by atoms with E-state index in [-0.39, 0.29) is 0 Å². The number of ether oxygens (including phenoxy) is 2. The molecule has 18 heavy (non-hydrogen) atoms. The molecule has 0 spiro atoms. The predicted molar refractivity (Wildman–Crippen MR) is 66.1 cm³/mol. The maximum absolute atomic E-state index is 11.4. The van der Waals surface area contributed by atoms with Crippen LogP contribution in [0.3, 0.4) is 0 Å². The van der Waals surface area contributed by atoms with Crippen molar-refractivity contribution in [2.24, 2.45) is 5.73 Å². The van der Waals surface area contributed by atoms with E-state index in [1.165, 1.54) is 14.2 Å². The lowest BCUT2D eigenvalue weighted by molar-refractivity contribution is -0.146. The molecule has 1 atom stereocenters. The Hall–Kier alpha value is -1.88. The van der Waals surface area contributed by atoms with E-state index in [4.69, 9.17) is 5.73 Å². The second-order valence-corrected chi connectivity index (χ2v) is 4.27. The van der Waals surface area contributed by atoms with Gasteiger partial charge < -0.3 is 15.2 Å². The van der Waals surface area contributed by atoms with Gasteiger partial charge in [-0.05, 0) is 24.6 Å². The highest BCUT2D eigenvalue weighted by Gasteiger charge is 2.29. The Kier molecular flexibility index (Phi) is 4.44. The fourth-order valence-electron chi connectivity index (χ4n) is 1.61. The molecule has 0 heterocycles. The van der Waals surface area contributed by atoms with Gasteiger partial charge >= 0.3 is 11.9 Å². The van der Waals surface area contributed by atoms with E-state index in [1.807, 2.05) is 0 Å². The smallest absolute Gasteiger partial charge is 0.337 e. The topological polar surface area (TPSA) is 78.6 Å². The summed E-state index contributed by atoms with van der Waals surface area (Å²) in [7, 11) is 2.62. The van der Waals surface area contributed by atoms with E-state index in [2.05, 4.69) is 9.47 Å². The molecule has 2 N–H and O–H groups in total. The van der Waals surface area contributed by atoms with Gasteiger partial charge in [0.2, 0.25) is 0 Å². The summed E-state index contributed by atoms with van der Waals surface area (Å²) in [5.41, 5.74) is 6.08. The van der Waals surface area contributed by atoms with Crippen molar-refractivity contribution in [2.45, 2.75) is 18.9 Å². The molecule has 0 saturated carbocycles. The minimum absolute atomic E-state index is 0.334. The highest BCUT2D eigenvalue weighted by molar-refractivity contribution is 5.89. The normalized spacial score (nSPS) is 13.6. The van der Waals surface area contributed by atoms with Crippen LogP contribution < -0.4 is 5.73 Å². The number of carbonyl (C=O) groups excluding carboxylic acids is 2. The minimum Gasteiger partial charge on any atom is -0.468 e. The third kappa shape index (κ3) is 3.30. The van der Waals surface area contributed by atoms with Gasteiger partial charge in [0.15, 0.2) is 0 Å². The summed E-state index contributed by atoms with van der Waals surface area (Å²) in [4.78, 5) is 22.7. The quantitative estimate of drug-likeness (QED) is 0.804. The third-order valence-electron chi connectivity index (χ3n) is 2.60. The molecule has 1 rings (SSSR count). The van der Waals surface area contributed by atoms with Crippen LogP contribution in [-0.4, -0.2) is 31.7 Å². The van der Waals surface area contributed by atoms with Crippen molar-refractivity contribution in [1.82, 2.24) is 0 Å². The van der Waals surface area contributed by atoms with Crippen molar-refractivity contribution in [2.75, 3.05) is 14.2 Å². The van der Waals surface area contributed by atoms with Gasteiger partial charge in [0.05, 0.1) is 19.8 Å². The lowest BCUT2D eigenvalue weighted by Crippen LogP contribution is -2.47. The van der Waals surface area contributed by atoms with Gasteiger partial charge in [0.1, 0.15) is 5.54 Å². The summed E-state index contributed by atoms with van der Waals surface area (Å²) in [5.74, 6) is -0.871. The number of rotatable bonds is 4. The SMILES string of the molecule is COC(=O)c1ccc(C[C@](C)(N)C(=O)OC)cc1. The lowest BCUT2D eigenvalue weighted by Gasteiger charge is -2.21. The van der Waals surface area contributed by atoms with Crippen LogP contribution in [0.2, 0.25) is 0 Å². The predicted octanol–water partition coefficient (Wildman–Crippen LogP) is 0.906. The monoisotopic (exact) mass is 251 g/mol. The minimum atomic E-state index is -1.08. The van der Waals surface area contributed by atoms with Crippen LogP contribution in [0.4, 0.5) is 0 Å². The van der Waals surface area contributed by atoms with Gasteiger partial charge in [0.25, 0.3) is 0 Å². The molecule has 0 bridgehead atoms. The molecule has 0 radical (unpaired) electrons. The van der Waals surface area contributed by atoms with Gasteiger partial charge in [-0.15, -0.1) is 0 Å². The van der Waals surface area contributed by atoms with E-state index < -0.39 is 17.5 Å². The number of hydrogen-bond acceptors (Lipinski definition) is 5. The first kappa shape index (κ1) is 14.2. The Morgan fingerprint density at radius 1 is 1.17 bits per heavy atom. The van der Waals surface area contributed by atoms with E-state index in [9.17, 15) is 9.59 Å². The van der Waals surface area contributed by atoms with Crippen molar-refractivity contribution in [3.8, 4) is 0 Å². The average Bonchev–Trinajstić information content (AvgIpc) is 2.37. The number of nitrogens with two attached hydrogens (primary N) is 1. The molecular weight excluding hydrogens is 234 g/mol. The molecule has 0 aliphatic rings. The molecule has 0 amide bonds. The Morgan fingerprint density at radius 3 is 2.17 bits per heavy atom. The van der Waals surface area contributed by atoms with Crippen LogP contribution in [0.5, 0.6) is 0 Å². The molecule has 0 aliphatic carbocycles. The first-order valence-electron chi connectivity index (χ1n) is 5.45. The molecule has 5 nitrogen and oxygen atoms in total. The van der Waals surface area contributed by atoms with Gasteiger partial charge in [-0.25, -0.2) is 4.79 Å². The Labute approximate surface area is 106 Å². The molecule has 5 heteroatoms. The highest BCUT2D eigenvalue weighted by Crippen LogP contribution is 2.13. The van der Waals surface area contributed by atoms with Crippen LogP contribution in [0.25, 0.3) is 0 Å². The molecule has 1 aromatic carbocycles. The molecule has 0 unspecified atom stereocenters. The number of esters is 2. The van der Waals surface area contributed by atoms with E-state index in [0.717, 1.165) is 5.56 Å². The average molecular weight is 251 g/mol. The largest absolute Gasteiger partial charge is 0.468 e. The zero-order chi connectivity index (χ0) is 13.8. The maximum Gasteiger partial charge on any atom is 0.337 e. The van der Waals surface area contributed by atoms with Crippen molar-refractivity contribution >= 4 is 11.9 Å². The Bertz CT molecular complexity index is 437. The van der Waals surface area contributed by atoms with Crippen molar-refractivity contribution in [1.29, 1.82) is 0 Å². The fourth-order valence-corrected chi connectivity index (χ4v) is 1.61. The van der Waals surface area contributed by atoms with Crippen LogP contribution in [0.15, 0.2) is 24.3 Å². The van der Waals surface area contributed by atoms with Gasteiger partial charge in [-0.1, -0.05) is 12.1 Å². The number of hydrogen-bond donors (Lipinski definition) is 1. The first-order valence-corrected chi connectivity index (χ1v) is 5.45. The second-order valence-electron chi connectivity index (χ2n) is 4.27. The summed E-state index contributed by atoms with van der Waals surface area (Å²) in [6.07, 6.45) is 0.334. The van der Waals surface area contributed by atoms with Gasteiger partial charge in [-0.3, -0.25) is 4.79 Å². The van der Waals surface area contributed by atoms with Gasteiger partial charge in [0, 0.05) is 6.42 Å². The zero-order valence-corrected chi connectivity index (χ0v) is 10.7.